The van der Waals surface area contributed by atoms with Crippen molar-refractivity contribution in [1.29, 1.82) is 0 Å². The van der Waals surface area contributed by atoms with Crippen LogP contribution in [0, 0.1) is 0 Å². The number of nitrogens with zero attached hydrogens (tertiary/aromatic N) is 3. The largest absolute Gasteiger partial charge is 0.450 e. The lowest BCUT2D eigenvalue weighted by Crippen LogP contribution is -2.46. The number of carbonyl (C=O) groups is 2. The van der Waals surface area contributed by atoms with Gasteiger partial charge in [0.25, 0.3) is 11.5 Å². The third kappa shape index (κ3) is 6.67. The second-order valence-corrected chi connectivity index (χ2v) is 12.2. The van der Waals surface area contributed by atoms with Crippen molar-refractivity contribution in [3.05, 3.63) is 130 Å². The standard InChI is InChI=1S/C37H40ClN5O5/c1-5-41(3)33(23-39)37(47,26-12-10-24(11-13-26)35(45)40-29-16-18-43(19-17-29)36(46)48-6-2)27-14-15-32-31(21-27)30(22-34(44)42(32)4)25-8-7-9-28(38)20-25/h5,7-15,20-23,29,47H,1,6,16-19,39H2,2-4H3,(H,40,45)/b33-23-. The molecule has 1 aliphatic heterocycles. The molecule has 1 fully saturated rings. The Bertz CT molecular complexity index is 1930. The Hall–Kier alpha value is -5.06. The van der Waals surface area contributed by atoms with Gasteiger partial charge in [0.1, 0.15) is 0 Å². The minimum Gasteiger partial charge on any atom is -0.450 e. The van der Waals surface area contributed by atoms with Gasteiger partial charge in [-0.25, -0.2) is 4.79 Å². The number of hydrogen-bond acceptors (Lipinski definition) is 7. The Morgan fingerprint density at radius 1 is 1.10 bits per heavy atom. The zero-order valence-electron chi connectivity index (χ0n) is 27.3. The minimum absolute atomic E-state index is 0.0879. The van der Waals surface area contributed by atoms with Gasteiger partial charge in [0.15, 0.2) is 5.60 Å². The van der Waals surface area contributed by atoms with Crippen LogP contribution in [-0.4, -0.2) is 64.3 Å². The summed E-state index contributed by atoms with van der Waals surface area (Å²) < 4.78 is 6.64. The van der Waals surface area contributed by atoms with Crippen LogP contribution in [0.5, 0.6) is 0 Å². The summed E-state index contributed by atoms with van der Waals surface area (Å²) in [4.78, 5) is 41.5. The molecule has 3 aromatic carbocycles. The van der Waals surface area contributed by atoms with E-state index >= 15 is 0 Å². The van der Waals surface area contributed by atoms with Gasteiger partial charge in [0.05, 0.1) is 17.8 Å². The van der Waals surface area contributed by atoms with E-state index in [9.17, 15) is 19.5 Å². The number of pyridine rings is 1. The second-order valence-electron chi connectivity index (χ2n) is 11.8. The summed E-state index contributed by atoms with van der Waals surface area (Å²) in [6.45, 7) is 6.95. The fourth-order valence-corrected chi connectivity index (χ4v) is 6.38. The van der Waals surface area contributed by atoms with Crippen LogP contribution in [-0.2, 0) is 17.4 Å². The Morgan fingerprint density at radius 3 is 2.42 bits per heavy atom. The Kier molecular flexibility index (Phi) is 10.3. The number of carbonyl (C=O) groups excluding carboxylic acids is 2. The van der Waals surface area contributed by atoms with Crippen molar-refractivity contribution in [1.82, 2.24) is 19.7 Å². The number of likely N-dealkylation sites (N-methyl/N-ethyl adjacent to an activating group) is 1. The molecule has 0 saturated carbocycles. The maximum absolute atomic E-state index is 13.2. The maximum Gasteiger partial charge on any atom is 0.409 e. The molecule has 0 spiro atoms. The molecule has 0 radical (unpaired) electrons. The lowest BCUT2D eigenvalue weighted by atomic mass is 9.81. The van der Waals surface area contributed by atoms with Crippen LogP contribution < -0.4 is 16.6 Å². The number of aromatic nitrogens is 1. The number of nitrogens with one attached hydrogen (secondary N) is 1. The number of amides is 2. The first-order valence-electron chi connectivity index (χ1n) is 15.7. The average Bonchev–Trinajstić information content (AvgIpc) is 3.10. The number of aryl methyl sites for hydroxylation is 1. The van der Waals surface area contributed by atoms with Gasteiger partial charge in [-0.1, -0.05) is 48.5 Å². The predicted octanol–water partition coefficient (Wildman–Crippen LogP) is 5.32. The van der Waals surface area contributed by atoms with E-state index in [1.54, 1.807) is 96.2 Å². The molecular weight excluding hydrogens is 630 g/mol. The van der Waals surface area contributed by atoms with Gasteiger partial charge in [0, 0.05) is 61.5 Å². The van der Waals surface area contributed by atoms with Crippen molar-refractivity contribution < 1.29 is 19.4 Å². The number of ether oxygens (including phenoxy) is 1. The molecule has 5 rings (SSSR count). The van der Waals surface area contributed by atoms with Crippen LogP contribution in [0.3, 0.4) is 0 Å². The topological polar surface area (TPSA) is 130 Å². The molecule has 1 aliphatic rings. The summed E-state index contributed by atoms with van der Waals surface area (Å²) in [6.07, 6.45) is 3.76. The third-order valence-corrected chi connectivity index (χ3v) is 9.14. The lowest BCUT2D eigenvalue weighted by molar-refractivity contribution is 0.0857. The quantitative estimate of drug-likeness (QED) is 0.220. The van der Waals surface area contributed by atoms with E-state index < -0.39 is 5.60 Å². The number of nitrogens with two attached hydrogens (primary N) is 1. The molecule has 1 aromatic heterocycles. The Balaban J connectivity index is 1.52. The van der Waals surface area contributed by atoms with E-state index in [1.165, 1.54) is 6.20 Å². The highest BCUT2D eigenvalue weighted by Gasteiger charge is 2.38. The van der Waals surface area contributed by atoms with E-state index in [1.807, 2.05) is 18.2 Å². The van der Waals surface area contributed by atoms with E-state index in [4.69, 9.17) is 22.1 Å². The number of aliphatic hydroxyl groups is 1. The number of halogens is 1. The molecule has 0 aliphatic carbocycles. The van der Waals surface area contributed by atoms with Crippen LogP contribution in [0.4, 0.5) is 4.79 Å². The lowest BCUT2D eigenvalue weighted by Gasteiger charge is -2.36. The number of piperidine rings is 1. The summed E-state index contributed by atoms with van der Waals surface area (Å²) in [7, 11) is 3.43. The molecule has 4 N–H and O–H groups in total. The summed E-state index contributed by atoms with van der Waals surface area (Å²) in [5.74, 6) is -0.254. The fourth-order valence-electron chi connectivity index (χ4n) is 6.19. The van der Waals surface area contributed by atoms with Crippen LogP contribution in [0.1, 0.15) is 41.3 Å². The first-order valence-corrected chi connectivity index (χ1v) is 16.1. The average molecular weight is 670 g/mol. The van der Waals surface area contributed by atoms with E-state index in [2.05, 4.69) is 11.9 Å². The molecule has 11 heteroatoms. The molecule has 250 valence electrons. The highest BCUT2D eigenvalue weighted by atomic mass is 35.5. The Morgan fingerprint density at radius 2 is 1.79 bits per heavy atom. The van der Waals surface area contributed by atoms with Gasteiger partial charge >= 0.3 is 6.09 Å². The van der Waals surface area contributed by atoms with Gasteiger partial charge in [-0.15, -0.1) is 0 Å². The Labute approximate surface area is 284 Å². The SMILES string of the molecule is C=CN(C)/C(=C\N)C(O)(c1ccc(C(=O)NC2CCN(C(=O)OCC)CC2)cc1)c1ccc2c(c1)c(-c1cccc(Cl)c1)cc(=O)n2C. The van der Waals surface area contributed by atoms with Crippen LogP contribution >= 0.6 is 11.6 Å². The molecule has 2 amide bonds. The van der Waals surface area contributed by atoms with Crippen molar-refractivity contribution in [3.63, 3.8) is 0 Å². The molecular formula is C37H40ClN5O5. The van der Waals surface area contributed by atoms with Gasteiger partial charge in [-0.05, 0) is 84.6 Å². The van der Waals surface area contributed by atoms with Crippen LogP contribution in [0.2, 0.25) is 5.02 Å². The highest BCUT2D eigenvalue weighted by molar-refractivity contribution is 6.30. The number of fused-ring (bicyclic) bond motifs is 1. The second kappa shape index (κ2) is 14.4. The van der Waals surface area contributed by atoms with Gasteiger partial charge in [0.2, 0.25) is 0 Å². The summed E-state index contributed by atoms with van der Waals surface area (Å²) in [5.41, 5.74) is 7.96. The van der Waals surface area contributed by atoms with Crippen molar-refractivity contribution in [2.45, 2.75) is 31.4 Å². The molecule has 2 heterocycles. The predicted molar refractivity (Wildman–Crippen MR) is 188 cm³/mol. The van der Waals surface area contributed by atoms with E-state index in [-0.39, 0.29) is 23.6 Å². The summed E-state index contributed by atoms with van der Waals surface area (Å²) in [5, 5.41) is 17.0. The molecule has 1 saturated heterocycles. The minimum atomic E-state index is -1.79. The molecule has 0 bridgehead atoms. The normalized spacial score (nSPS) is 15.1. The number of benzene rings is 3. The van der Waals surface area contributed by atoms with E-state index in [0.29, 0.717) is 71.0 Å². The maximum atomic E-state index is 13.2. The highest BCUT2D eigenvalue weighted by Crippen LogP contribution is 2.40. The summed E-state index contributed by atoms with van der Waals surface area (Å²) >= 11 is 6.32. The van der Waals surface area contributed by atoms with Gasteiger partial charge in [-0.3, -0.25) is 9.59 Å². The van der Waals surface area contributed by atoms with Crippen molar-refractivity contribution in [2.75, 3.05) is 26.7 Å². The van der Waals surface area contributed by atoms with Crippen LogP contribution in [0.15, 0.2) is 102 Å². The molecule has 1 atom stereocenters. The molecule has 4 aromatic rings. The smallest absolute Gasteiger partial charge is 0.409 e. The molecule has 1 unspecified atom stereocenters. The molecule has 48 heavy (non-hydrogen) atoms. The van der Waals surface area contributed by atoms with Crippen molar-refractivity contribution in [3.8, 4) is 11.1 Å². The number of rotatable bonds is 9. The van der Waals surface area contributed by atoms with E-state index in [0.717, 1.165) is 10.9 Å². The van der Waals surface area contributed by atoms with Gasteiger partial charge in [-0.2, -0.15) is 0 Å². The van der Waals surface area contributed by atoms with Crippen molar-refractivity contribution in [2.24, 2.45) is 12.8 Å². The first kappa shape index (κ1) is 34.3. The first-order chi connectivity index (χ1) is 23.0. The molecule has 10 nitrogen and oxygen atoms in total. The zero-order chi connectivity index (χ0) is 34.6. The monoisotopic (exact) mass is 669 g/mol. The third-order valence-electron chi connectivity index (χ3n) is 8.90. The fraction of sp³-hybridized carbons (Fsp3) is 0.270. The number of likely N-dealkylation sites (tertiary alicyclic amines) is 1. The number of hydrogen-bond donors (Lipinski definition) is 3. The van der Waals surface area contributed by atoms with Gasteiger partial charge < -0.3 is 35.3 Å². The summed E-state index contributed by atoms with van der Waals surface area (Å²) in [6, 6.07) is 20.8. The van der Waals surface area contributed by atoms with Crippen LogP contribution in [0.25, 0.3) is 22.0 Å². The zero-order valence-corrected chi connectivity index (χ0v) is 28.0. The van der Waals surface area contributed by atoms with Crippen molar-refractivity contribution >= 4 is 34.5 Å².